The van der Waals surface area contributed by atoms with Crippen molar-refractivity contribution in [3.63, 3.8) is 0 Å². The second-order valence-corrected chi connectivity index (χ2v) is 4.80. The fourth-order valence-electron chi connectivity index (χ4n) is 1.67. The van der Waals surface area contributed by atoms with Gasteiger partial charge in [-0.05, 0) is 36.9 Å². The predicted molar refractivity (Wildman–Crippen MR) is 67.4 cm³/mol. The van der Waals surface area contributed by atoms with Gasteiger partial charge >= 0.3 is 0 Å². The Morgan fingerprint density at radius 3 is 1.93 bits per heavy atom. The van der Waals surface area contributed by atoms with Crippen LogP contribution in [-0.4, -0.2) is 18.2 Å². The molecule has 0 aliphatic heterocycles. The minimum atomic E-state index is 0.687. The Labute approximate surface area is 93.8 Å². The summed E-state index contributed by atoms with van der Waals surface area (Å²) >= 11 is 5.12. The molecule has 0 aromatic rings. The monoisotopic (exact) mass is 216 g/mol. The fraction of sp³-hybridized carbons (Fsp3) is 0.909. The molecule has 14 heavy (non-hydrogen) atoms. The number of nitrogens with one attached hydrogen (secondary N) is 2. The van der Waals surface area contributed by atoms with Crippen molar-refractivity contribution >= 4 is 17.3 Å². The Kier molecular flexibility index (Phi) is 6.89. The van der Waals surface area contributed by atoms with E-state index in [4.69, 9.17) is 12.2 Å². The smallest absolute Gasteiger partial charge is 0.166 e. The highest BCUT2D eigenvalue weighted by molar-refractivity contribution is 7.80. The predicted octanol–water partition coefficient (Wildman–Crippen LogP) is 2.40. The zero-order valence-electron chi connectivity index (χ0n) is 10.1. The van der Waals surface area contributed by atoms with Gasteiger partial charge in [-0.3, -0.25) is 0 Å². The van der Waals surface area contributed by atoms with Crippen molar-refractivity contribution < 1.29 is 0 Å². The first-order chi connectivity index (χ1) is 6.49. The Morgan fingerprint density at radius 2 is 1.57 bits per heavy atom. The molecule has 2 nitrogen and oxygen atoms in total. The number of hydrogen-bond donors (Lipinski definition) is 2. The van der Waals surface area contributed by atoms with Gasteiger partial charge in [0.2, 0.25) is 0 Å². The Hall–Kier alpha value is -0.310. The Bertz CT molecular complexity index is 159. The average molecular weight is 216 g/mol. The average Bonchev–Trinajstić information content (AvgIpc) is 2.03. The van der Waals surface area contributed by atoms with Gasteiger partial charge in [0.15, 0.2) is 5.11 Å². The molecular weight excluding hydrogens is 192 g/mol. The van der Waals surface area contributed by atoms with Crippen molar-refractivity contribution in [3.05, 3.63) is 0 Å². The van der Waals surface area contributed by atoms with Crippen molar-refractivity contribution in [2.75, 3.05) is 13.1 Å². The zero-order valence-corrected chi connectivity index (χ0v) is 10.9. The summed E-state index contributed by atoms with van der Waals surface area (Å²) in [7, 11) is 0. The van der Waals surface area contributed by atoms with Crippen molar-refractivity contribution in [1.82, 2.24) is 10.6 Å². The minimum Gasteiger partial charge on any atom is -0.363 e. The molecule has 0 atom stereocenters. The summed E-state index contributed by atoms with van der Waals surface area (Å²) in [5, 5.41) is 7.14. The summed E-state index contributed by atoms with van der Waals surface area (Å²) in [4.78, 5) is 0. The van der Waals surface area contributed by atoms with Crippen LogP contribution in [0.5, 0.6) is 0 Å². The molecule has 84 valence electrons. The summed E-state index contributed by atoms with van der Waals surface area (Å²) in [5.74, 6) is 2.09. The van der Waals surface area contributed by atoms with Gasteiger partial charge in [-0.2, -0.15) is 0 Å². The maximum atomic E-state index is 5.12. The second-order valence-electron chi connectivity index (χ2n) is 4.39. The molecule has 0 aromatic heterocycles. The highest BCUT2D eigenvalue weighted by atomic mass is 32.1. The van der Waals surface area contributed by atoms with E-state index in [1.54, 1.807) is 0 Å². The molecule has 0 aliphatic rings. The van der Waals surface area contributed by atoms with E-state index in [9.17, 15) is 0 Å². The first-order valence-electron chi connectivity index (χ1n) is 5.50. The van der Waals surface area contributed by atoms with E-state index in [1.165, 1.54) is 0 Å². The van der Waals surface area contributed by atoms with Crippen molar-refractivity contribution in [3.8, 4) is 0 Å². The summed E-state index contributed by atoms with van der Waals surface area (Å²) in [5.41, 5.74) is 0. The summed E-state index contributed by atoms with van der Waals surface area (Å²) in [6.45, 7) is 13.0. The van der Waals surface area contributed by atoms with Gasteiger partial charge in [-0.15, -0.1) is 0 Å². The lowest BCUT2D eigenvalue weighted by Crippen LogP contribution is -2.40. The van der Waals surface area contributed by atoms with Gasteiger partial charge in [-0.1, -0.05) is 27.7 Å². The van der Waals surface area contributed by atoms with E-state index in [0.717, 1.165) is 18.2 Å². The maximum absolute atomic E-state index is 5.12. The first-order valence-corrected chi connectivity index (χ1v) is 5.91. The molecule has 0 fully saturated rings. The van der Waals surface area contributed by atoms with E-state index in [-0.39, 0.29) is 0 Å². The molecule has 0 aliphatic carbocycles. The molecule has 0 radical (unpaired) electrons. The third kappa shape index (κ3) is 5.43. The zero-order chi connectivity index (χ0) is 11.1. The van der Waals surface area contributed by atoms with Gasteiger partial charge in [0.25, 0.3) is 0 Å². The molecule has 0 rings (SSSR count). The van der Waals surface area contributed by atoms with Crippen LogP contribution in [0.2, 0.25) is 0 Å². The topological polar surface area (TPSA) is 24.1 Å². The van der Waals surface area contributed by atoms with Crippen molar-refractivity contribution in [1.29, 1.82) is 0 Å². The lowest BCUT2D eigenvalue weighted by atomic mass is 9.85. The maximum Gasteiger partial charge on any atom is 0.166 e. The molecule has 0 aromatic carbocycles. The third-order valence-electron chi connectivity index (χ3n) is 2.55. The van der Waals surface area contributed by atoms with E-state index in [1.807, 2.05) is 0 Å². The standard InChI is InChI=1S/C11H24N2S/c1-6-12-11(14)13-7-10(8(2)3)9(4)5/h8-10H,6-7H2,1-5H3,(H2,12,13,14). The number of rotatable bonds is 5. The highest BCUT2D eigenvalue weighted by Crippen LogP contribution is 2.19. The summed E-state index contributed by atoms with van der Waals surface area (Å²) in [6.07, 6.45) is 0. The van der Waals surface area contributed by atoms with E-state index < -0.39 is 0 Å². The van der Waals surface area contributed by atoms with Crippen LogP contribution in [0, 0.1) is 17.8 Å². The number of thiocarbonyl (C=S) groups is 1. The van der Waals surface area contributed by atoms with Crippen molar-refractivity contribution in [2.45, 2.75) is 34.6 Å². The molecule has 0 saturated carbocycles. The van der Waals surface area contributed by atoms with E-state index in [2.05, 4.69) is 45.3 Å². The van der Waals surface area contributed by atoms with Gasteiger partial charge in [0.05, 0.1) is 0 Å². The van der Waals surface area contributed by atoms with Crippen LogP contribution >= 0.6 is 12.2 Å². The Morgan fingerprint density at radius 1 is 1.07 bits per heavy atom. The lowest BCUT2D eigenvalue weighted by molar-refractivity contribution is 0.288. The molecule has 0 unspecified atom stereocenters. The Balaban J connectivity index is 3.88. The molecule has 0 heterocycles. The summed E-state index contributed by atoms with van der Waals surface area (Å²) < 4.78 is 0. The minimum absolute atomic E-state index is 0.687. The van der Waals surface area contributed by atoms with Gasteiger partial charge < -0.3 is 10.6 Å². The summed E-state index contributed by atoms with van der Waals surface area (Å²) in [6, 6.07) is 0. The van der Waals surface area contributed by atoms with Crippen LogP contribution in [0.3, 0.4) is 0 Å². The van der Waals surface area contributed by atoms with E-state index in [0.29, 0.717) is 17.8 Å². The van der Waals surface area contributed by atoms with Crippen LogP contribution in [0.1, 0.15) is 34.6 Å². The lowest BCUT2D eigenvalue weighted by Gasteiger charge is -2.25. The first kappa shape index (κ1) is 13.7. The quantitative estimate of drug-likeness (QED) is 0.690. The SMILES string of the molecule is CCNC(=S)NCC(C(C)C)C(C)C. The largest absolute Gasteiger partial charge is 0.363 e. The molecular formula is C11H24N2S. The highest BCUT2D eigenvalue weighted by Gasteiger charge is 2.17. The van der Waals surface area contributed by atoms with Gasteiger partial charge in [0.1, 0.15) is 0 Å². The van der Waals surface area contributed by atoms with Crippen LogP contribution in [0.15, 0.2) is 0 Å². The normalized spacial score (nSPS) is 11.1. The molecule has 2 N–H and O–H groups in total. The van der Waals surface area contributed by atoms with Crippen LogP contribution < -0.4 is 10.6 Å². The fourth-order valence-corrected chi connectivity index (χ4v) is 1.90. The second kappa shape index (κ2) is 7.04. The van der Waals surface area contributed by atoms with Crippen LogP contribution in [0.4, 0.5) is 0 Å². The van der Waals surface area contributed by atoms with Gasteiger partial charge in [0, 0.05) is 13.1 Å². The third-order valence-corrected chi connectivity index (χ3v) is 2.84. The van der Waals surface area contributed by atoms with Gasteiger partial charge in [-0.25, -0.2) is 0 Å². The molecule has 0 bridgehead atoms. The van der Waals surface area contributed by atoms with E-state index >= 15 is 0 Å². The molecule has 0 spiro atoms. The molecule has 3 heteroatoms. The van der Waals surface area contributed by atoms with Crippen LogP contribution in [-0.2, 0) is 0 Å². The number of hydrogen-bond acceptors (Lipinski definition) is 1. The van der Waals surface area contributed by atoms with Crippen LogP contribution in [0.25, 0.3) is 0 Å². The molecule has 0 saturated heterocycles. The molecule has 0 amide bonds. The van der Waals surface area contributed by atoms with Crippen molar-refractivity contribution in [2.24, 2.45) is 17.8 Å².